The number of pyridine rings is 1. The molecule has 0 saturated carbocycles. The molecule has 1 aliphatic rings. The number of fused-ring (bicyclic) bond motifs is 1. The Morgan fingerprint density at radius 2 is 1.87 bits per heavy atom. The van der Waals surface area contributed by atoms with Gasteiger partial charge < -0.3 is 14.6 Å². The first-order chi connectivity index (χ1) is 14.9. The minimum Gasteiger partial charge on any atom is -0.463 e. The smallest absolute Gasteiger partial charge is 0.163 e. The molecule has 6 nitrogen and oxygen atoms in total. The van der Waals surface area contributed by atoms with E-state index in [0.717, 1.165) is 34.6 Å². The molecule has 5 rings (SSSR count). The summed E-state index contributed by atoms with van der Waals surface area (Å²) in [5, 5.41) is 4.66. The van der Waals surface area contributed by atoms with E-state index in [-0.39, 0.29) is 6.04 Å². The Labute approximate surface area is 176 Å². The maximum Gasteiger partial charge on any atom is 0.163 e. The predicted octanol–water partition coefficient (Wildman–Crippen LogP) is 3.51. The van der Waals surface area contributed by atoms with Gasteiger partial charge in [0.05, 0.1) is 31.4 Å². The SMILES string of the molecule is c1cncc(-c2nc(NC[C@@H](c3ccco3)[NH+]3CCCCC3)c3ccccc3n2)c1. The molecule has 0 aliphatic carbocycles. The Balaban J connectivity index is 1.47. The Hall–Kier alpha value is -3.25. The number of quaternary nitrogens is 1. The van der Waals surface area contributed by atoms with Gasteiger partial charge in [-0.3, -0.25) is 4.98 Å². The maximum absolute atomic E-state index is 5.82. The number of nitrogens with one attached hydrogen (secondary N) is 2. The fourth-order valence-corrected chi connectivity index (χ4v) is 4.32. The number of nitrogens with zero attached hydrogens (tertiary/aromatic N) is 3. The molecule has 1 atom stereocenters. The van der Waals surface area contributed by atoms with Crippen molar-refractivity contribution in [3.8, 4) is 11.4 Å². The van der Waals surface area contributed by atoms with Crippen molar-refractivity contribution in [1.82, 2.24) is 15.0 Å². The summed E-state index contributed by atoms with van der Waals surface area (Å²) in [6.45, 7) is 3.12. The largest absolute Gasteiger partial charge is 0.463 e. The fourth-order valence-electron chi connectivity index (χ4n) is 4.32. The Morgan fingerprint density at radius 3 is 2.67 bits per heavy atom. The van der Waals surface area contributed by atoms with E-state index in [1.54, 1.807) is 23.6 Å². The molecule has 30 heavy (non-hydrogen) atoms. The number of hydrogen-bond donors (Lipinski definition) is 2. The first-order valence-corrected chi connectivity index (χ1v) is 10.7. The normalized spacial score (nSPS) is 15.9. The summed E-state index contributed by atoms with van der Waals surface area (Å²) in [5.74, 6) is 2.57. The van der Waals surface area contributed by atoms with Crippen LogP contribution in [0.5, 0.6) is 0 Å². The lowest BCUT2D eigenvalue weighted by molar-refractivity contribution is -0.935. The monoisotopic (exact) mass is 400 g/mol. The van der Waals surface area contributed by atoms with Crippen molar-refractivity contribution >= 4 is 16.7 Å². The van der Waals surface area contributed by atoms with E-state index in [2.05, 4.69) is 22.4 Å². The number of para-hydroxylation sites is 1. The van der Waals surface area contributed by atoms with Crippen molar-refractivity contribution in [2.75, 3.05) is 25.0 Å². The maximum atomic E-state index is 5.82. The topological polar surface area (TPSA) is 68.3 Å². The summed E-state index contributed by atoms with van der Waals surface area (Å²) in [6, 6.07) is 16.4. The van der Waals surface area contributed by atoms with Crippen LogP contribution in [0.4, 0.5) is 5.82 Å². The highest BCUT2D eigenvalue weighted by Gasteiger charge is 2.28. The predicted molar refractivity (Wildman–Crippen MR) is 117 cm³/mol. The van der Waals surface area contributed by atoms with Crippen LogP contribution in [0.3, 0.4) is 0 Å². The minimum atomic E-state index is 0.260. The lowest BCUT2D eigenvalue weighted by atomic mass is 10.1. The average Bonchev–Trinajstić information content (AvgIpc) is 3.35. The number of aromatic nitrogens is 3. The second-order valence-corrected chi connectivity index (χ2v) is 7.82. The summed E-state index contributed by atoms with van der Waals surface area (Å²) >= 11 is 0. The van der Waals surface area contributed by atoms with E-state index >= 15 is 0 Å². The van der Waals surface area contributed by atoms with Gasteiger partial charge in [-0.25, -0.2) is 9.97 Å². The summed E-state index contributed by atoms with van der Waals surface area (Å²) in [6.07, 6.45) is 9.21. The third kappa shape index (κ3) is 3.91. The highest BCUT2D eigenvalue weighted by atomic mass is 16.3. The quantitative estimate of drug-likeness (QED) is 0.518. The van der Waals surface area contributed by atoms with Crippen molar-refractivity contribution in [2.45, 2.75) is 25.3 Å². The third-order valence-electron chi connectivity index (χ3n) is 5.87. The van der Waals surface area contributed by atoms with Crippen LogP contribution in [-0.2, 0) is 0 Å². The van der Waals surface area contributed by atoms with E-state index in [1.807, 2.05) is 36.4 Å². The fraction of sp³-hybridized carbons (Fsp3) is 0.292. The van der Waals surface area contributed by atoms with Gasteiger partial charge in [-0.05, 0) is 55.7 Å². The highest BCUT2D eigenvalue weighted by Crippen LogP contribution is 2.25. The minimum absolute atomic E-state index is 0.260. The van der Waals surface area contributed by atoms with E-state index in [9.17, 15) is 0 Å². The van der Waals surface area contributed by atoms with Crippen LogP contribution < -0.4 is 10.2 Å². The summed E-state index contributed by atoms with van der Waals surface area (Å²) in [5.41, 5.74) is 1.84. The molecule has 0 amide bonds. The van der Waals surface area contributed by atoms with Crippen LogP contribution in [0, 0.1) is 0 Å². The van der Waals surface area contributed by atoms with Gasteiger partial charge in [-0.15, -0.1) is 0 Å². The van der Waals surface area contributed by atoms with Gasteiger partial charge in [-0.2, -0.15) is 0 Å². The molecule has 152 valence electrons. The van der Waals surface area contributed by atoms with Gasteiger partial charge in [0.1, 0.15) is 5.82 Å². The average molecular weight is 401 g/mol. The molecule has 3 aromatic heterocycles. The molecular weight excluding hydrogens is 374 g/mol. The molecule has 1 saturated heterocycles. The third-order valence-corrected chi connectivity index (χ3v) is 5.87. The van der Waals surface area contributed by atoms with E-state index in [4.69, 9.17) is 14.4 Å². The molecule has 0 bridgehead atoms. The number of hydrogen-bond acceptors (Lipinski definition) is 5. The molecule has 2 N–H and O–H groups in total. The van der Waals surface area contributed by atoms with E-state index in [1.165, 1.54) is 32.4 Å². The number of furan rings is 1. The van der Waals surface area contributed by atoms with Crippen molar-refractivity contribution < 1.29 is 9.32 Å². The molecule has 0 unspecified atom stereocenters. The number of benzene rings is 1. The van der Waals surface area contributed by atoms with Gasteiger partial charge >= 0.3 is 0 Å². The molecule has 1 aromatic carbocycles. The first kappa shape index (κ1) is 18.8. The number of anilines is 1. The van der Waals surface area contributed by atoms with Crippen LogP contribution in [0.25, 0.3) is 22.3 Å². The summed E-state index contributed by atoms with van der Waals surface area (Å²) in [7, 11) is 0. The molecule has 0 radical (unpaired) electrons. The van der Waals surface area contributed by atoms with Crippen LogP contribution in [0.15, 0.2) is 71.6 Å². The summed E-state index contributed by atoms with van der Waals surface area (Å²) in [4.78, 5) is 15.4. The lowest BCUT2D eigenvalue weighted by Crippen LogP contribution is -3.13. The van der Waals surface area contributed by atoms with Gasteiger partial charge in [0.15, 0.2) is 17.6 Å². The van der Waals surface area contributed by atoms with Gasteiger partial charge in [0, 0.05) is 23.3 Å². The van der Waals surface area contributed by atoms with Crippen molar-refractivity contribution in [1.29, 1.82) is 0 Å². The van der Waals surface area contributed by atoms with Crippen molar-refractivity contribution in [3.05, 3.63) is 72.9 Å². The van der Waals surface area contributed by atoms with Crippen LogP contribution in [0.1, 0.15) is 31.1 Å². The molecule has 0 spiro atoms. The van der Waals surface area contributed by atoms with Crippen LogP contribution in [0.2, 0.25) is 0 Å². The van der Waals surface area contributed by atoms with Gasteiger partial charge in [0.2, 0.25) is 0 Å². The molecule has 1 fully saturated rings. The Bertz CT molecular complexity index is 1090. The Kier molecular flexibility index (Phi) is 5.40. The first-order valence-electron chi connectivity index (χ1n) is 10.7. The molecular formula is C24H26N5O+. The lowest BCUT2D eigenvalue weighted by Gasteiger charge is -2.30. The van der Waals surface area contributed by atoms with Gasteiger partial charge in [-0.1, -0.05) is 12.1 Å². The standard InChI is InChI=1S/C24H25N5O/c1-4-13-29(14-5-1)21(22-11-7-15-30-22)17-26-24-19-9-2-3-10-20(19)27-23(28-24)18-8-6-12-25-16-18/h2-3,6-12,15-16,21H,1,4-5,13-14,17H2,(H,26,27,28)/p+1/t21-/m0/s1. The highest BCUT2D eigenvalue weighted by molar-refractivity contribution is 5.90. The number of rotatable bonds is 6. The van der Waals surface area contributed by atoms with Crippen LogP contribution in [-0.4, -0.2) is 34.6 Å². The zero-order valence-electron chi connectivity index (χ0n) is 16.9. The van der Waals surface area contributed by atoms with Gasteiger partial charge in [0.25, 0.3) is 0 Å². The second-order valence-electron chi connectivity index (χ2n) is 7.82. The second kappa shape index (κ2) is 8.63. The number of piperidine rings is 1. The number of likely N-dealkylation sites (tertiary alicyclic amines) is 1. The molecule has 4 aromatic rings. The zero-order chi connectivity index (χ0) is 20.2. The van der Waals surface area contributed by atoms with E-state index < -0.39 is 0 Å². The van der Waals surface area contributed by atoms with Crippen molar-refractivity contribution in [2.24, 2.45) is 0 Å². The molecule has 6 heteroatoms. The van der Waals surface area contributed by atoms with E-state index in [0.29, 0.717) is 5.82 Å². The molecule has 4 heterocycles. The zero-order valence-corrected chi connectivity index (χ0v) is 16.9. The van der Waals surface area contributed by atoms with Crippen molar-refractivity contribution in [3.63, 3.8) is 0 Å². The molecule has 1 aliphatic heterocycles. The van der Waals surface area contributed by atoms with Crippen LogP contribution >= 0.6 is 0 Å². The Morgan fingerprint density at radius 1 is 0.967 bits per heavy atom. The summed E-state index contributed by atoms with van der Waals surface area (Å²) < 4.78 is 5.82.